The number of rotatable bonds is 15. The van der Waals surface area contributed by atoms with E-state index in [2.05, 4.69) is 43.0 Å². The second kappa shape index (κ2) is 12.2. The maximum Gasteiger partial charge on any atom is 0.170 e. The number of hydrogen-bond acceptors (Lipinski definition) is 4. The highest BCUT2D eigenvalue weighted by Crippen LogP contribution is 2.31. The van der Waals surface area contributed by atoms with Crippen LogP contribution in [0.25, 0.3) is 5.65 Å². The van der Waals surface area contributed by atoms with E-state index in [1.807, 2.05) is 0 Å². The Bertz CT molecular complexity index is 897. The van der Waals surface area contributed by atoms with Gasteiger partial charge in [-0.15, -0.1) is 0 Å². The van der Waals surface area contributed by atoms with E-state index in [0.717, 1.165) is 30.8 Å². The van der Waals surface area contributed by atoms with Crippen LogP contribution in [0, 0.1) is 0 Å². The molecule has 2 aromatic rings. The SMILES string of the molecule is CCCCCCCCCCCCS(=O)(=O)CCCc1n[nH]c2c(Cl)c(C(C)(C)C)nn12. The van der Waals surface area contributed by atoms with Gasteiger partial charge in [0.1, 0.15) is 14.9 Å². The minimum atomic E-state index is -3.02. The van der Waals surface area contributed by atoms with Gasteiger partial charge in [-0.1, -0.05) is 97.1 Å². The van der Waals surface area contributed by atoms with Crippen molar-refractivity contribution in [1.29, 1.82) is 0 Å². The Hall–Kier alpha value is -1.08. The van der Waals surface area contributed by atoms with Gasteiger partial charge >= 0.3 is 0 Å². The predicted octanol–water partition coefficient (Wildman–Crippen LogP) is 6.28. The van der Waals surface area contributed by atoms with Crippen molar-refractivity contribution in [2.45, 2.75) is 110 Å². The number of aryl methyl sites for hydroxylation is 1. The number of halogens is 1. The average molecular weight is 473 g/mol. The molecule has 2 rings (SSSR count). The first-order valence-corrected chi connectivity index (χ1v) is 14.2. The van der Waals surface area contributed by atoms with Crippen LogP contribution >= 0.6 is 11.6 Å². The van der Waals surface area contributed by atoms with Crippen LogP contribution in [0.3, 0.4) is 0 Å². The summed E-state index contributed by atoms with van der Waals surface area (Å²) < 4.78 is 26.5. The predicted molar refractivity (Wildman–Crippen MR) is 130 cm³/mol. The molecule has 0 aromatic carbocycles. The smallest absolute Gasteiger partial charge is 0.170 e. The van der Waals surface area contributed by atoms with E-state index in [1.165, 1.54) is 44.9 Å². The number of aromatic nitrogens is 4. The molecular formula is C23H41ClN4O2S. The summed E-state index contributed by atoms with van der Waals surface area (Å²) in [6, 6.07) is 0. The molecule has 0 aliphatic carbocycles. The molecule has 0 spiro atoms. The Balaban J connectivity index is 1.67. The maximum atomic E-state index is 12.4. The number of H-pyrrole nitrogens is 1. The van der Waals surface area contributed by atoms with Crippen LogP contribution in [0.4, 0.5) is 0 Å². The molecule has 2 heterocycles. The Kier molecular flexibility index (Phi) is 10.3. The van der Waals surface area contributed by atoms with E-state index in [9.17, 15) is 8.42 Å². The molecule has 178 valence electrons. The highest BCUT2D eigenvalue weighted by atomic mass is 35.5. The summed E-state index contributed by atoms with van der Waals surface area (Å²) in [5, 5.41) is 12.4. The summed E-state index contributed by atoms with van der Waals surface area (Å²) in [7, 11) is -3.02. The Morgan fingerprint density at radius 2 is 1.45 bits per heavy atom. The Labute approximate surface area is 193 Å². The van der Waals surface area contributed by atoms with Crippen LogP contribution in [0.1, 0.15) is 110 Å². The number of sulfone groups is 1. The van der Waals surface area contributed by atoms with Crippen molar-refractivity contribution in [3.05, 3.63) is 16.5 Å². The average Bonchev–Trinajstić information content (AvgIpc) is 3.23. The molecule has 31 heavy (non-hydrogen) atoms. The largest absolute Gasteiger partial charge is 0.258 e. The van der Waals surface area contributed by atoms with Gasteiger partial charge in [-0.2, -0.15) is 14.7 Å². The first-order chi connectivity index (χ1) is 14.7. The highest BCUT2D eigenvalue weighted by molar-refractivity contribution is 7.91. The van der Waals surface area contributed by atoms with E-state index in [0.29, 0.717) is 29.3 Å². The van der Waals surface area contributed by atoms with Crippen LogP contribution in [0.5, 0.6) is 0 Å². The first kappa shape index (κ1) is 26.2. The van der Waals surface area contributed by atoms with Gasteiger partial charge in [-0.05, 0) is 12.8 Å². The van der Waals surface area contributed by atoms with Crippen molar-refractivity contribution >= 4 is 27.1 Å². The second-order valence-electron chi connectivity index (χ2n) is 9.75. The molecule has 0 saturated heterocycles. The molecule has 2 aromatic heterocycles. The maximum absolute atomic E-state index is 12.4. The van der Waals surface area contributed by atoms with Crippen molar-refractivity contribution in [2.24, 2.45) is 0 Å². The van der Waals surface area contributed by atoms with Gasteiger partial charge in [0.25, 0.3) is 0 Å². The normalized spacial score (nSPS) is 12.8. The summed E-state index contributed by atoms with van der Waals surface area (Å²) in [6.45, 7) is 8.43. The van der Waals surface area contributed by atoms with Gasteiger partial charge in [0, 0.05) is 11.8 Å². The molecule has 0 aliphatic heterocycles. The Morgan fingerprint density at radius 1 is 0.903 bits per heavy atom. The number of nitrogens with zero attached hydrogens (tertiary/aromatic N) is 3. The van der Waals surface area contributed by atoms with Gasteiger partial charge in [0.2, 0.25) is 0 Å². The van der Waals surface area contributed by atoms with E-state index in [4.69, 9.17) is 11.6 Å². The quantitative estimate of drug-likeness (QED) is 0.309. The van der Waals surface area contributed by atoms with Gasteiger partial charge in [-0.3, -0.25) is 5.10 Å². The zero-order chi connectivity index (χ0) is 22.9. The van der Waals surface area contributed by atoms with Crippen LogP contribution in [-0.4, -0.2) is 39.7 Å². The van der Waals surface area contributed by atoms with Crippen LogP contribution in [-0.2, 0) is 21.7 Å². The molecule has 0 aliphatic rings. The number of nitrogens with one attached hydrogen (secondary N) is 1. The zero-order valence-corrected chi connectivity index (χ0v) is 21.4. The summed E-state index contributed by atoms with van der Waals surface area (Å²) in [4.78, 5) is 0. The van der Waals surface area contributed by atoms with Gasteiger partial charge < -0.3 is 0 Å². The molecule has 0 atom stereocenters. The topological polar surface area (TPSA) is 80.1 Å². The van der Waals surface area contributed by atoms with Crippen molar-refractivity contribution in [3.63, 3.8) is 0 Å². The van der Waals surface area contributed by atoms with E-state index >= 15 is 0 Å². The lowest BCUT2D eigenvalue weighted by Gasteiger charge is -2.14. The zero-order valence-electron chi connectivity index (χ0n) is 19.8. The lowest BCUT2D eigenvalue weighted by atomic mass is 9.92. The van der Waals surface area contributed by atoms with Gasteiger partial charge in [0.15, 0.2) is 11.5 Å². The van der Waals surface area contributed by atoms with E-state index in [1.54, 1.807) is 4.52 Å². The third-order valence-electron chi connectivity index (χ3n) is 5.74. The Morgan fingerprint density at radius 3 is 2.03 bits per heavy atom. The minimum absolute atomic E-state index is 0.167. The lowest BCUT2D eigenvalue weighted by molar-refractivity contribution is 0.556. The third kappa shape index (κ3) is 8.41. The second-order valence-corrected chi connectivity index (χ2v) is 12.4. The number of hydrogen-bond donors (Lipinski definition) is 1. The molecule has 8 heteroatoms. The van der Waals surface area contributed by atoms with Crippen molar-refractivity contribution in [1.82, 2.24) is 19.8 Å². The van der Waals surface area contributed by atoms with Gasteiger partial charge in [0.05, 0.1) is 17.2 Å². The van der Waals surface area contributed by atoms with Gasteiger partial charge in [-0.25, -0.2) is 8.42 Å². The summed E-state index contributed by atoms with van der Waals surface area (Å²) in [5.41, 5.74) is 1.33. The standard InChI is InChI=1S/C23H41ClN4O2S/c1-5-6-7-8-9-10-11-12-13-14-17-31(29,30)18-15-16-19-25-26-22-20(24)21(23(2,3)4)27-28(19)22/h26H,5-18H2,1-4H3. The molecule has 0 amide bonds. The fourth-order valence-electron chi connectivity index (χ4n) is 3.85. The molecule has 1 N–H and O–H groups in total. The number of unbranched alkanes of at least 4 members (excludes halogenated alkanes) is 9. The molecule has 0 radical (unpaired) electrons. The van der Waals surface area contributed by atoms with Crippen molar-refractivity contribution < 1.29 is 8.42 Å². The number of fused-ring (bicyclic) bond motifs is 1. The molecule has 0 fully saturated rings. The van der Waals surface area contributed by atoms with E-state index in [-0.39, 0.29) is 11.2 Å². The van der Waals surface area contributed by atoms with Crippen LogP contribution < -0.4 is 0 Å². The number of aromatic amines is 1. The fourth-order valence-corrected chi connectivity index (χ4v) is 5.73. The highest BCUT2D eigenvalue weighted by Gasteiger charge is 2.25. The lowest BCUT2D eigenvalue weighted by Crippen LogP contribution is -2.14. The van der Waals surface area contributed by atoms with Crippen LogP contribution in [0.2, 0.25) is 5.02 Å². The monoisotopic (exact) mass is 472 g/mol. The first-order valence-electron chi connectivity index (χ1n) is 12.0. The molecule has 0 unspecified atom stereocenters. The third-order valence-corrected chi connectivity index (χ3v) is 7.92. The molecule has 6 nitrogen and oxygen atoms in total. The molecular weight excluding hydrogens is 432 g/mol. The van der Waals surface area contributed by atoms with Crippen molar-refractivity contribution in [3.8, 4) is 0 Å². The summed E-state index contributed by atoms with van der Waals surface area (Å²) >= 11 is 6.44. The van der Waals surface area contributed by atoms with Crippen molar-refractivity contribution in [2.75, 3.05) is 11.5 Å². The minimum Gasteiger partial charge on any atom is -0.258 e. The van der Waals surface area contributed by atoms with E-state index < -0.39 is 9.84 Å². The van der Waals surface area contributed by atoms with Crippen LogP contribution in [0.15, 0.2) is 0 Å². The fraction of sp³-hybridized carbons (Fsp3) is 0.826. The summed E-state index contributed by atoms with van der Waals surface area (Å²) in [6.07, 6.45) is 13.2. The summed E-state index contributed by atoms with van der Waals surface area (Å²) in [5.74, 6) is 1.21. The molecule has 0 bridgehead atoms. The molecule has 0 saturated carbocycles.